The molecular formula is C23H24N6O. The molecule has 4 heterocycles. The van der Waals surface area contributed by atoms with Crippen molar-refractivity contribution >= 4 is 17.2 Å². The van der Waals surface area contributed by atoms with Crippen molar-refractivity contribution < 1.29 is 4.79 Å². The minimum absolute atomic E-state index is 0.0680. The fourth-order valence-corrected chi connectivity index (χ4v) is 4.16. The maximum absolute atomic E-state index is 12.8. The molecule has 0 aliphatic carbocycles. The Kier molecular flexibility index (Phi) is 4.50. The molecule has 3 aromatic heterocycles. The van der Waals surface area contributed by atoms with Crippen LogP contribution in [0.4, 0.5) is 5.82 Å². The molecule has 7 nitrogen and oxygen atoms in total. The first-order valence-corrected chi connectivity index (χ1v) is 10.2. The monoisotopic (exact) mass is 400 g/mol. The van der Waals surface area contributed by atoms with E-state index in [1.807, 2.05) is 49.8 Å². The van der Waals surface area contributed by atoms with E-state index in [0.29, 0.717) is 5.69 Å². The summed E-state index contributed by atoms with van der Waals surface area (Å²) in [6, 6.07) is 11.9. The molecule has 1 atom stereocenters. The van der Waals surface area contributed by atoms with Crippen molar-refractivity contribution in [3.8, 4) is 5.69 Å². The lowest BCUT2D eigenvalue weighted by Gasteiger charge is -2.19. The number of para-hydroxylation sites is 1. The number of aryl methyl sites for hydroxylation is 2. The van der Waals surface area contributed by atoms with Gasteiger partial charge >= 0.3 is 0 Å². The largest absolute Gasteiger partial charge is 0.353 e. The van der Waals surface area contributed by atoms with Crippen LogP contribution in [0, 0.1) is 13.8 Å². The molecule has 0 saturated carbocycles. The summed E-state index contributed by atoms with van der Waals surface area (Å²) in [6.07, 6.45) is 8.55. The highest BCUT2D eigenvalue weighted by atomic mass is 16.2. The van der Waals surface area contributed by atoms with E-state index in [9.17, 15) is 4.79 Å². The number of nitrogens with one attached hydrogen (secondary N) is 1. The van der Waals surface area contributed by atoms with Crippen molar-refractivity contribution in [3.05, 3.63) is 78.0 Å². The molecule has 1 aliphatic heterocycles. The van der Waals surface area contributed by atoms with Crippen LogP contribution in [0.1, 0.15) is 28.0 Å². The highest BCUT2D eigenvalue weighted by Crippen LogP contribution is 2.26. The lowest BCUT2D eigenvalue weighted by Crippen LogP contribution is -2.37. The maximum Gasteiger partial charge on any atom is 0.272 e. The van der Waals surface area contributed by atoms with Gasteiger partial charge in [-0.3, -0.25) is 4.79 Å². The van der Waals surface area contributed by atoms with E-state index < -0.39 is 0 Å². The van der Waals surface area contributed by atoms with Gasteiger partial charge < -0.3 is 14.6 Å². The van der Waals surface area contributed by atoms with E-state index in [1.165, 1.54) is 5.56 Å². The molecule has 152 valence electrons. The predicted octanol–water partition coefficient (Wildman–Crippen LogP) is 3.15. The van der Waals surface area contributed by atoms with Crippen LogP contribution in [0.2, 0.25) is 0 Å². The molecule has 0 bridgehead atoms. The van der Waals surface area contributed by atoms with Crippen LogP contribution in [-0.4, -0.2) is 44.2 Å². The highest BCUT2D eigenvalue weighted by molar-refractivity contribution is 5.92. The van der Waals surface area contributed by atoms with Gasteiger partial charge in [0, 0.05) is 43.9 Å². The average Bonchev–Trinajstić information content (AvgIpc) is 3.49. The van der Waals surface area contributed by atoms with Gasteiger partial charge in [0.2, 0.25) is 0 Å². The summed E-state index contributed by atoms with van der Waals surface area (Å²) in [5, 5.41) is 7.62. The first-order valence-electron chi connectivity index (χ1n) is 10.2. The van der Waals surface area contributed by atoms with Gasteiger partial charge in [0.15, 0.2) is 11.5 Å². The molecule has 0 spiro atoms. The first-order chi connectivity index (χ1) is 14.6. The second-order valence-corrected chi connectivity index (χ2v) is 7.84. The third kappa shape index (κ3) is 3.22. The van der Waals surface area contributed by atoms with Crippen molar-refractivity contribution in [2.24, 2.45) is 0 Å². The standard InChI is InChI=1S/C23H24N6O/c1-16-5-3-4-6-20(16)29-13-9-19(26-29)23(30)25-18-8-12-28(15-18)22-21-17(2)7-11-27(21)14-10-24-22/h3-7,9-11,13-14,18H,8,12,15H2,1-2H3,(H,25,30). The van der Waals surface area contributed by atoms with Crippen molar-refractivity contribution in [2.75, 3.05) is 18.0 Å². The molecule has 1 aromatic carbocycles. The Bertz CT molecular complexity index is 1220. The van der Waals surface area contributed by atoms with E-state index >= 15 is 0 Å². The molecule has 1 amide bonds. The summed E-state index contributed by atoms with van der Waals surface area (Å²) in [4.78, 5) is 19.6. The van der Waals surface area contributed by atoms with Gasteiger partial charge in [-0.05, 0) is 49.6 Å². The van der Waals surface area contributed by atoms with E-state index in [4.69, 9.17) is 0 Å². The van der Waals surface area contributed by atoms with E-state index in [-0.39, 0.29) is 11.9 Å². The number of benzene rings is 1. The third-order valence-corrected chi connectivity index (χ3v) is 5.76. The zero-order valence-corrected chi connectivity index (χ0v) is 17.1. The Morgan fingerprint density at radius 1 is 1.07 bits per heavy atom. The number of carbonyl (C=O) groups is 1. The number of rotatable bonds is 4. The van der Waals surface area contributed by atoms with Gasteiger partial charge in [-0.25, -0.2) is 9.67 Å². The molecule has 30 heavy (non-hydrogen) atoms. The number of hydrogen-bond donors (Lipinski definition) is 1. The van der Waals surface area contributed by atoms with Gasteiger partial charge in [-0.2, -0.15) is 5.10 Å². The Morgan fingerprint density at radius 2 is 1.93 bits per heavy atom. The lowest BCUT2D eigenvalue weighted by molar-refractivity contribution is 0.0935. The maximum atomic E-state index is 12.8. The summed E-state index contributed by atoms with van der Waals surface area (Å²) in [5.74, 6) is 0.833. The van der Waals surface area contributed by atoms with E-state index in [1.54, 1.807) is 10.7 Å². The summed E-state index contributed by atoms with van der Waals surface area (Å²) in [7, 11) is 0. The van der Waals surface area contributed by atoms with Crippen LogP contribution < -0.4 is 10.2 Å². The van der Waals surface area contributed by atoms with E-state index in [0.717, 1.165) is 42.1 Å². The molecule has 4 aromatic rings. The normalized spacial score (nSPS) is 16.3. The molecule has 7 heteroatoms. The Hall–Kier alpha value is -3.61. The van der Waals surface area contributed by atoms with E-state index in [2.05, 4.69) is 43.9 Å². The number of amides is 1. The minimum Gasteiger partial charge on any atom is -0.353 e. The Morgan fingerprint density at radius 3 is 2.80 bits per heavy atom. The van der Waals surface area contributed by atoms with Crippen LogP contribution in [0.25, 0.3) is 11.2 Å². The lowest BCUT2D eigenvalue weighted by atomic mass is 10.2. The second kappa shape index (κ2) is 7.33. The zero-order chi connectivity index (χ0) is 20.7. The van der Waals surface area contributed by atoms with Gasteiger partial charge in [0.1, 0.15) is 0 Å². The number of fused-ring (bicyclic) bond motifs is 1. The number of hydrogen-bond acceptors (Lipinski definition) is 4. The summed E-state index contributed by atoms with van der Waals surface area (Å²) >= 11 is 0. The first kappa shape index (κ1) is 18.4. The van der Waals surface area contributed by atoms with Gasteiger partial charge in [0.25, 0.3) is 5.91 Å². The SMILES string of the molecule is Cc1ccccc1-n1ccc(C(=O)NC2CCN(c3nccn4ccc(C)c34)C2)n1. The van der Waals surface area contributed by atoms with Crippen molar-refractivity contribution in [2.45, 2.75) is 26.3 Å². The quantitative estimate of drug-likeness (QED) is 0.572. The molecule has 0 radical (unpaired) electrons. The Labute approximate surface area is 175 Å². The fraction of sp³-hybridized carbons (Fsp3) is 0.261. The summed E-state index contributed by atoms with van der Waals surface area (Å²) in [6.45, 7) is 5.73. The van der Waals surface area contributed by atoms with Crippen LogP contribution in [0.5, 0.6) is 0 Å². The average molecular weight is 400 g/mol. The van der Waals surface area contributed by atoms with Crippen molar-refractivity contribution in [1.82, 2.24) is 24.5 Å². The van der Waals surface area contributed by atoms with Crippen LogP contribution >= 0.6 is 0 Å². The smallest absolute Gasteiger partial charge is 0.272 e. The highest BCUT2D eigenvalue weighted by Gasteiger charge is 2.27. The molecular weight excluding hydrogens is 376 g/mol. The number of aromatic nitrogens is 4. The summed E-state index contributed by atoms with van der Waals surface area (Å²) < 4.78 is 3.85. The third-order valence-electron chi connectivity index (χ3n) is 5.76. The zero-order valence-electron chi connectivity index (χ0n) is 17.1. The molecule has 1 aliphatic rings. The molecule has 1 unspecified atom stereocenters. The molecule has 5 rings (SSSR count). The summed E-state index contributed by atoms with van der Waals surface area (Å²) in [5.41, 5.74) is 4.85. The van der Waals surface area contributed by atoms with Crippen LogP contribution in [-0.2, 0) is 0 Å². The van der Waals surface area contributed by atoms with Crippen LogP contribution in [0.15, 0.2) is 61.2 Å². The molecule has 1 saturated heterocycles. The molecule has 1 fully saturated rings. The number of nitrogens with zero attached hydrogens (tertiary/aromatic N) is 5. The van der Waals surface area contributed by atoms with Crippen molar-refractivity contribution in [1.29, 1.82) is 0 Å². The van der Waals surface area contributed by atoms with Crippen molar-refractivity contribution in [3.63, 3.8) is 0 Å². The number of anilines is 1. The second-order valence-electron chi connectivity index (χ2n) is 7.84. The topological polar surface area (TPSA) is 67.5 Å². The van der Waals surface area contributed by atoms with Gasteiger partial charge in [-0.1, -0.05) is 18.2 Å². The minimum atomic E-state index is -0.140. The van der Waals surface area contributed by atoms with Gasteiger partial charge in [0.05, 0.1) is 11.2 Å². The Balaban J connectivity index is 1.29. The van der Waals surface area contributed by atoms with Crippen LogP contribution in [0.3, 0.4) is 0 Å². The fourth-order valence-electron chi connectivity index (χ4n) is 4.16. The predicted molar refractivity (Wildman–Crippen MR) is 116 cm³/mol. The van der Waals surface area contributed by atoms with Gasteiger partial charge in [-0.15, -0.1) is 0 Å². The number of carbonyl (C=O) groups excluding carboxylic acids is 1. The molecule has 1 N–H and O–H groups in total.